The first-order valence-electron chi connectivity index (χ1n) is 8.20. The van der Waals surface area contributed by atoms with Crippen molar-refractivity contribution in [3.05, 3.63) is 57.1 Å². The van der Waals surface area contributed by atoms with E-state index in [1.807, 2.05) is 0 Å². The van der Waals surface area contributed by atoms with Crippen LogP contribution in [0.2, 0.25) is 5.02 Å². The van der Waals surface area contributed by atoms with Gasteiger partial charge in [0.1, 0.15) is 13.2 Å². The van der Waals surface area contributed by atoms with Gasteiger partial charge in [0.05, 0.1) is 15.5 Å². The van der Waals surface area contributed by atoms with Crippen molar-refractivity contribution in [2.45, 2.75) is 13.0 Å². The lowest BCUT2D eigenvalue weighted by Gasteiger charge is -2.19. The van der Waals surface area contributed by atoms with E-state index in [2.05, 4.69) is 5.32 Å². The summed E-state index contributed by atoms with van der Waals surface area (Å²) >= 11 is 5.91. The number of nitro benzene ring substituents is 1. The molecule has 1 aliphatic rings. The molecule has 0 radical (unpaired) electrons. The summed E-state index contributed by atoms with van der Waals surface area (Å²) in [5, 5.41) is 13.4. The first-order chi connectivity index (χ1) is 13.3. The summed E-state index contributed by atoms with van der Waals surface area (Å²) in [4.78, 5) is 34.7. The van der Waals surface area contributed by atoms with Crippen LogP contribution >= 0.6 is 11.6 Å². The third kappa shape index (κ3) is 4.32. The van der Waals surface area contributed by atoms with E-state index in [1.165, 1.54) is 13.0 Å². The summed E-state index contributed by atoms with van der Waals surface area (Å²) in [6.07, 6.45) is -1.17. The number of non-ortho nitro benzene ring substituents is 1. The van der Waals surface area contributed by atoms with E-state index in [0.29, 0.717) is 30.4 Å². The van der Waals surface area contributed by atoms with E-state index in [9.17, 15) is 19.7 Å². The molecule has 28 heavy (non-hydrogen) atoms. The summed E-state index contributed by atoms with van der Waals surface area (Å²) in [5.41, 5.74) is -0.0786. The van der Waals surface area contributed by atoms with Crippen LogP contribution < -0.4 is 14.8 Å². The highest BCUT2D eigenvalue weighted by Crippen LogP contribution is 2.32. The number of halogens is 1. The predicted octanol–water partition coefficient (Wildman–Crippen LogP) is 3.20. The second-order valence-corrected chi connectivity index (χ2v) is 6.22. The topological polar surface area (TPSA) is 117 Å². The van der Waals surface area contributed by atoms with Crippen molar-refractivity contribution in [3.63, 3.8) is 0 Å². The second kappa shape index (κ2) is 8.13. The zero-order valence-corrected chi connectivity index (χ0v) is 15.4. The van der Waals surface area contributed by atoms with Gasteiger partial charge in [-0.25, -0.2) is 4.79 Å². The maximum Gasteiger partial charge on any atom is 0.340 e. The van der Waals surface area contributed by atoms with Gasteiger partial charge in [-0.1, -0.05) is 11.6 Å². The van der Waals surface area contributed by atoms with Crippen LogP contribution in [0.3, 0.4) is 0 Å². The number of hydrogen-bond donors (Lipinski definition) is 1. The number of esters is 1. The molecule has 9 nitrogen and oxygen atoms in total. The molecule has 3 rings (SSSR count). The molecular weight excluding hydrogens is 392 g/mol. The summed E-state index contributed by atoms with van der Waals surface area (Å²) in [7, 11) is 0. The quantitative estimate of drug-likeness (QED) is 0.460. The van der Waals surface area contributed by atoms with Gasteiger partial charge in [-0.2, -0.15) is 0 Å². The molecule has 0 spiro atoms. The fraction of sp³-hybridized carbons (Fsp3) is 0.222. The van der Waals surface area contributed by atoms with Gasteiger partial charge in [-0.05, 0) is 25.1 Å². The van der Waals surface area contributed by atoms with Crippen LogP contribution in [0.4, 0.5) is 11.4 Å². The molecule has 0 saturated heterocycles. The monoisotopic (exact) mass is 406 g/mol. The van der Waals surface area contributed by atoms with Gasteiger partial charge in [0.2, 0.25) is 0 Å². The summed E-state index contributed by atoms with van der Waals surface area (Å²) in [6.45, 7) is 2.23. The number of nitrogens with one attached hydrogen (secondary N) is 1. The highest BCUT2D eigenvalue weighted by molar-refractivity contribution is 6.33. The number of ether oxygens (including phenoxy) is 3. The van der Waals surface area contributed by atoms with Crippen LogP contribution in [0.15, 0.2) is 36.4 Å². The second-order valence-electron chi connectivity index (χ2n) is 5.82. The van der Waals surface area contributed by atoms with E-state index < -0.39 is 22.9 Å². The van der Waals surface area contributed by atoms with Gasteiger partial charge in [0.15, 0.2) is 17.6 Å². The molecule has 0 aromatic heterocycles. The van der Waals surface area contributed by atoms with Crippen molar-refractivity contribution < 1.29 is 28.7 Å². The van der Waals surface area contributed by atoms with Crippen LogP contribution in [0.25, 0.3) is 0 Å². The maximum absolute atomic E-state index is 12.3. The van der Waals surface area contributed by atoms with Crippen molar-refractivity contribution in [3.8, 4) is 11.5 Å². The molecule has 1 aliphatic heterocycles. The van der Waals surface area contributed by atoms with Crippen LogP contribution in [0, 0.1) is 10.1 Å². The standard InChI is InChI=1S/C18H15ClN2O7/c1-10(28-18(23)13-9-12(21(24)25)3-4-14(13)19)17(22)20-11-2-5-15-16(8-11)27-7-6-26-15/h2-5,8-10H,6-7H2,1H3,(H,20,22)/t10-/m1/s1. The SMILES string of the molecule is C[C@@H](OC(=O)c1cc([N+](=O)[O-])ccc1Cl)C(=O)Nc1ccc2c(c1)OCCO2. The van der Waals surface area contributed by atoms with E-state index in [0.717, 1.165) is 12.1 Å². The van der Waals surface area contributed by atoms with Gasteiger partial charge in [-0.3, -0.25) is 14.9 Å². The third-order valence-corrected chi connectivity index (χ3v) is 4.17. The number of carbonyl (C=O) groups is 2. The van der Waals surface area contributed by atoms with Crippen molar-refractivity contribution in [2.75, 3.05) is 18.5 Å². The molecule has 1 heterocycles. The Morgan fingerprint density at radius 1 is 1.18 bits per heavy atom. The van der Waals surface area contributed by atoms with Gasteiger partial charge < -0.3 is 19.5 Å². The molecule has 1 N–H and O–H groups in total. The van der Waals surface area contributed by atoms with Crippen LogP contribution in [-0.2, 0) is 9.53 Å². The molecule has 146 valence electrons. The Morgan fingerprint density at radius 2 is 1.89 bits per heavy atom. The molecule has 0 bridgehead atoms. The highest BCUT2D eigenvalue weighted by atomic mass is 35.5. The van der Waals surface area contributed by atoms with Crippen molar-refractivity contribution in [1.82, 2.24) is 0 Å². The smallest absolute Gasteiger partial charge is 0.340 e. The maximum atomic E-state index is 12.3. The van der Waals surface area contributed by atoms with Gasteiger partial charge in [0, 0.05) is 23.9 Å². The molecule has 0 saturated carbocycles. The van der Waals surface area contributed by atoms with Crippen LogP contribution in [-0.4, -0.2) is 36.1 Å². The van der Waals surface area contributed by atoms with E-state index in [4.69, 9.17) is 25.8 Å². The fourth-order valence-electron chi connectivity index (χ4n) is 2.43. The Hall–Kier alpha value is -3.33. The average Bonchev–Trinajstić information content (AvgIpc) is 2.67. The number of anilines is 1. The summed E-state index contributed by atoms with van der Waals surface area (Å²) in [5.74, 6) is -0.466. The van der Waals surface area contributed by atoms with Crippen LogP contribution in [0.1, 0.15) is 17.3 Å². The number of fused-ring (bicyclic) bond motifs is 1. The number of nitro groups is 1. The average molecular weight is 407 g/mol. The Labute approximate surface area is 164 Å². The van der Waals surface area contributed by atoms with Gasteiger partial charge >= 0.3 is 5.97 Å². The molecule has 0 fully saturated rings. The number of rotatable bonds is 5. The summed E-state index contributed by atoms with van der Waals surface area (Å²) < 4.78 is 15.9. The zero-order chi connectivity index (χ0) is 20.3. The minimum Gasteiger partial charge on any atom is -0.486 e. The molecule has 0 aliphatic carbocycles. The number of amides is 1. The highest BCUT2D eigenvalue weighted by Gasteiger charge is 2.23. The van der Waals surface area contributed by atoms with E-state index in [-0.39, 0.29) is 16.3 Å². The molecule has 1 atom stereocenters. The number of nitrogens with zero attached hydrogens (tertiary/aromatic N) is 1. The van der Waals surface area contributed by atoms with Crippen molar-refractivity contribution >= 4 is 34.9 Å². The minimum atomic E-state index is -1.17. The Bertz CT molecular complexity index is 948. The zero-order valence-electron chi connectivity index (χ0n) is 14.6. The predicted molar refractivity (Wildman–Crippen MR) is 99.0 cm³/mol. The van der Waals surface area contributed by atoms with E-state index in [1.54, 1.807) is 18.2 Å². The lowest BCUT2D eigenvalue weighted by atomic mass is 10.2. The first-order valence-corrected chi connectivity index (χ1v) is 8.58. The largest absolute Gasteiger partial charge is 0.486 e. The number of benzene rings is 2. The Morgan fingerprint density at radius 3 is 2.61 bits per heavy atom. The van der Waals surface area contributed by atoms with Gasteiger partial charge in [-0.15, -0.1) is 0 Å². The van der Waals surface area contributed by atoms with Crippen molar-refractivity contribution in [2.24, 2.45) is 0 Å². The molecule has 0 unspecified atom stereocenters. The normalized spacial score (nSPS) is 13.4. The number of carbonyl (C=O) groups excluding carboxylic acids is 2. The van der Waals surface area contributed by atoms with E-state index >= 15 is 0 Å². The third-order valence-electron chi connectivity index (χ3n) is 3.84. The molecule has 1 amide bonds. The number of hydrogen-bond acceptors (Lipinski definition) is 7. The Balaban J connectivity index is 1.66. The summed E-state index contributed by atoms with van der Waals surface area (Å²) in [6, 6.07) is 8.25. The van der Waals surface area contributed by atoms with Crippen molar-refractivity contribution in [1.29, 1.82) is 0 Å². The van der Waals surface area contributed by atoms with Gasteiger partial charge in [0.25, 0.3) is 11.6 Å². The fourth-order valence-corrected chi connectivity index (χ4v) is 2.62. The lowest BCUT2D eigenvalue weighted by molar-refractivity contribution is -0.384. The Kier molecular flexibility index (Phi) is 5.65. The molecule has 2 aromatic rings. The molecule has 10 heteroatoms. The molecule has 2 aromatic carbocycles. The first kappa shape index (κ1) is 19.4. The molecular formula is C18H15ClN2O7. The lowest BCUT2D eigenvalue weighted by Crippen LogP contribution is -2.30. The van der Waals surface area contributed by atoms with Crippen LogP contribution in [0.5, 0.6) is 11.5 Å². The minimum absolute atomic E-state index is 0.0185.